The van der Waals surface area contributed by atoms with Gasteiger partial charge in [0.25, 0.3) is 0 Å². The number of hydrogen-bond acceptors (Lipinski definition) is 2. The Kier molecular flexibility index (Phi) is 3.36. The van der Waals surface area contributed by atoms with Crippen molar-refractivity contribution >= 4 is 11.4 Å². The monoisotopic (exact) mass is 288 g/mol. The Morgan fingerprint density at radius 1 is 1.05 bits per heavy atom. The lowest BCUT2D eigenvalue weighted by Gasteiger charge is -2.38. The average Bonchev–Trinajstić information content (AvgIpc) is 2.90. The number of benzene rings is 2. The third-order valence-corrected chi connectivity index (χ3v) is 4.94. The lowest BCUT2D eigenvalue weighted by atomic mass is 9.89. The molecule has 0 spiro atoms. The minimum Gasteiger partial charge on any atom is -0.337 e. The van der Waals surface area contributed by atoms with Gasteiger partial charge in [-0.2, -0.15) is 0 Å². The van der Waals surface area contributed by atoms with E-state index in [0.29, 0.717) is 12.0 Å². The molecule has 2 nitrogen and oxygen atoms in total. The van der Waals surface area contributed by atoms with Crippen LogP contribution in [0.25, 0.3) is 0 Å². The lowest BCUT2D eigenvalue weighted by Crippen LogP contribution is -2.44. The molecule has 1 saturated heterocycles. The van der Waals surface area contributed by atoms with Crippen LogP contribution in [0.2, 0.25) is 0 Å². The molecule has 0 aromatic heterocycles. The summed E-state index contributed by atoms with van der Waals surface area (Å²) in [5.74, 6) is 3.35. The highest BCUT2D eigenvalue weighted by Crippen LogP contribution is 2.47. The number of hydrogen-bond donors (Lipinski definition) is 0. The third kappa shape index (κ3) is 2.10. The summed E-state index contributed by atoms with van der Waals surface area (Å²) in [6.07, 6.45) is 6.67. The predicted octanol–water partition coefficient (Wildman–Crippen LogP) is 3.63. The fraction of sp³-hybridized carbons (Fsp3) is 0.300. The first-order valence-electron chi connectivity index (χ1n) is 7.97. The molecule has 0 N–H and O–H groups in total. The fourth-order valence-corrected chi connectivity index (χ4v) is 4.01. The minimum atomic E-state index is 0.550. The van der Waals surface area contributed by atoms with Crippen LogP contribution in [0.4, 0.5) is 11.4 Å². The molecule has 22 heavy (non-hydrogen) atoms. The van der Waals surface area contributed by atoms with Gasteiger partial charge in [-0.05, 0) is 30.2 Å². The highest BCUT2D eigenvalue weighted by atomic mass is 15.2. The van der Waals surface area contributed by atoms with E-state index in [0.717, 1.165) is 26.1 Å². The van der Waals surface area contributed by atoms with Crippen LogP contribution in [0.3, 0.4) is 0 Å². The van der Waals surface area contributed by atoms with Crippen LogP contribution < -0.4 is 4.90 Å². The van der Waals surface area contributed by atoms with Crippen LogP contribution in [-0.2, 0) is 0 Å². The molecule has 0 aliphatic carbocycles. The van der Waals surface area contributed by atoms with Gasteiger partial charge < -0.3 is 4.90 Å². The van der Waals surface area contributed by atoms with Gasteiger partial charge in [0.15, 0.2) is 0 Å². The molecule has 1 fully saturated rings. The van der Waals surface area contributed by atoms with Gasteiger partial charge in [-0.15, -0.1) is 6.42 Å². The predicted molar refractivity (Wildman–Crippen MR) is 91.4 cm³/mol. The van der Waals surface area contributed by atoms with Crippen LogP contribution in [0, 0.1) is 12.3 Å². The van der Waals surface area contributed by atoms with Crippen molar-refractivity contribution in [2.24, 2.45) is 0 Å². The Labute approximate surface area is 132 Å². The number of terminal acetylenes is 1. The van der Waals surface area contributed by atoms with Crippen molar-refractivity contribution in [2.75, 3.05) is 24.5 Å². The van der Waals surface area contributed by atoms with E-state index in [-0.39, 0.29) is 0 Å². The van der Waals surface area contributed by atoms with Crippen molar-refractivity contribution < 1.29 is 0 Å². The molecule has 2 aliphatic rings. The van der Waals surface area contributed by atoms with Gasteiger partial charge in [-0.3, -0.25) is 4.90 Å². The van der Waals surface area contributed by atoms with E-state index in [2.05, 4.69) is 70.3 Å². The van der Waals surface area contributed by atoms with E-state index in [4.69, 9.17) is 6.42 Å². The topological polar surface area (TPSA) is 6.48 Å². The van der Waals surface area contributed by atoms with Crippen molar-refractivity contribution in [1.82, 2.24) is 4.90 Å². The zero-order chi connectivity index (χ0) is 14.9. The van der Waals surface area contributed by atoms with Gasteiger partial charge in [-0.25, -0.2) is 0 Å². The molecule has 2 heterocycles. The van der Waals surface area contributed by atoms with Crippen LogP contribution in [0.15, 0.2) is 54.6 Å². The van der Waals surface area contributed by atoms with E-state index in [9.17, 15) is 0 Å². The first-order valence-corrected chi connectivity index (χ1v) is 7.97. The van der Waals surface area contributed by atoms with Gasteiger partial charge in [0.05, 0.1) is 6.54 Å². The molecule has 2 aliphatic heterocycles. The molecule has 0 unspecified atom stereocenters. The zero-order valence-corrected chi connectivity index (χ0v) is 12.7. The van der Waals surface area contributed by atoms with Gasteiger partial charge in [-0.1, -0.05) is 42.3 Å². The summed E-state index contributed by atoms with van der Waals surface area (Å²) in [5.41, 5.74) is 4.14. The smallest absolute Gasteiger partial charge is 0.0599 e. The minimum absolute atomic E-state index is 0.550. The summed E-state index contributed by atoms with van der Waals surface area (Å²) < 4.78 is 0. The van der Waals surface area contributed by atoms with Gasteiger partial charge in [0, 0.05) is 36.4 Å². The van der Waals surface area contributed by atoms with E-state index < -0.39 is 0 Å². The molecule has 4 rings (SSSR count). The molecule has 0 saturated carbocycles. The molecular weight excluding hydrogens is 268 g/mol. The van der Waals surface area contributed by atoms with E-state index in [1.807, 2.05) is 0 Å². The first kappa shape index (κ1) is 13.4. The molecule has 0 bridgehead atoms. The molecule has 2 aromatic carbocycles. The highest BCUT2D eigenvalue weighted by Gasteiger charge is 2.41. The molecular formula is C20H20N2. The largest absolute Gasteiger partial charge is 0.337 e. The second kappa shape index (κ2) is 5.51. The quantitative estimate of drug-likeness (QED) is 0.779. The van der Waals surface area contributed by atoms with Gasteiger partial charge >= 0.3 is 0 Å². The third-order valence-electron chi connectivity index (χ3n) is 4.94. The second-order valence-electron chi connectivity index (χ2n) is 6.17. The summed E-state index contributed by atoms with van der Waals surface area (Å²) in [7, 11) is 0. The maximum atomic E-state index is 5.51. The lowest BCUT2D eigenvalue weighted by molar-refractivity contribution is 0.218. The average molecular weight is 288 g/mol. The van der Waals surface area contributed by atoms with E-state index in [1.54, 1.807) is 0 Å². The van der Waals surface area contributed by atoms with Gasteiger partial charge in [0.2, 0.25) is 0 Å². The van der Waals surface area contributed by atoms with Crippen molar-refractivity contribution in [3.63, 3.8) is 0 Å². The number of nitrogens with zero attached hydrogens (tertiary/aromatic N) is 2. The summed E-state index contributed by atoms with van der Waals surface area (Å²) in [6, 6.07) is 20.2. The molecule has 2 heteroatoms. The van der Waals surface area contributed by atoms with Crippen LogP contribution in [0.1, 0.15) is 17.9 Å². The molecule has 2 atom stereocenters. The first-order chi connectivity index (χ1) is 10.9. The number of likely N-dealkylation sites (tertiary alicyclic amines) is 1. The number of rotatable bonds is 2. The van der Waals surface area contributed by atoms with Crippen LogP contribution >= 0.6 is 0 Å². The van der Waals surface area contributed by atoms with E-state index in [1.165, 1.54) is 16.9 Å². The Bertz CT molecular complexity index is 701. The van der Waals surface area contributed by atoms with Crippen molar-refractivity contribution in [2.45, 2.75) is 18.4 Å². The second-order valence-corrected chi connectivity index (χ2v) is 6.17. The van der Waals surface area contributed by atoms with Gasteiger partial charge in [0.1, 0.15) is 0 Å². The number of fused-ring (bicyclic) bond motifs is 3. The molecule has 110 valence electrons. The maximum Gasteiger partial charge on any atom is 0.0599 e. The van der Waals surface area contributed by atoms with Crippen molar-refractivity contribution in [3.8, 4) is 12.3 Å². The van der Waals surface area contributed by atoms with Crippen LogP contribution in [0.5, 0.6) is 0 Å². The SMILES string of the molecule is C#CCN1CC[C@@H]2[C@@H](C1)c1ccccc1N2c1ccccc1. The van der Waals surface area contributed by atoms with Crippen LogP contribution in [-0.4, -0.2) is 30.6 Å². The fourth-order valence-electron chi connectivity index (χ4n) is 4.01. The molecule has 0 radical (unpaired) electrons. The Balaban J connectivity index is 1.74. The van der Waals surface area contributed by atoms with Crippen molar-refractivity contribution in [1.29, 1.82) is 0 Å². The molecule has 2 aromatic rings. The number of anilines is 2. The zero-order valence-electron chi connectivity index (χ0n) is 12.7. The Hall–Kier alpha value is -2.24. The number of para-hydroxylation sites is 2. The summed E-state index contributed by atoms with van der Waals surface area (Å²) >= 11 is 0. The van der Waals surface area contributed by atoms with Crippen molar-refractivity contribution in [3.05, 3.63) is 60.2 Å². The standard InChI is InChI=1S/C20H20N2/c1-2-13-21-14-12-20-18(15-21)17-10-6-7-11-19(17)22(20)16-8-4-3-5-9-16/h1,3-11,18,20H,12-15H2/t18-,20+/m0/s1. The Morgan fingerprint density at radius 2 is 1.82 bits per heavy atom. The Morgan fingerprint density at radius 3 is 2.64 bits per heavy atom. The highest BCUT2D eigenvalue weighted by molar-refractivity contribution is 5.72. The normalized spacial score (nSPS) is 23.7. The molecule has 0 amide bonds. The number of piperidine rings is 1. The summed E-state index contributed by atoms with van der Waals surface area (Å²) in [4.78, 5) is 4.94. The summed E-state index contributed by atoms with van der Waals surface area (Å²) in [5, 5.41) is 0. The van der Waals surface area contributed by atoms with E-state index >= 15 is 0 Å². The summed E-state index contributed by atoms with van der Waals surface area (Å²) in [6.45, 7) is 2.91. The maximum absolute atomic E-state index is 5.51.